The molecule has 0 amide bonds. The number of methoxy groups -OCH3 is 1. The summed E-state index contributed by atoms with van der Waals surface area (Å²) < 4.78 is 18.3. The van der Waals surface area contributed by atoms with Gasteiger partial charge in [-0.25, -0.2) is 4.39 Å². The molecule has 16 heavy (non-hydrogen) atoms. The van der Waals surface area contributed by atoms with Gasteiger partial charge in [-0.1, -0.05) is 18.2 Å². The minimum Gasteiger partial charge on any atom is -0.469 e. The van der Waals surface area contributed by atoms with Crippen molar-refractivity contribution in [1.29, 1.82) is 0 Å². The van der Waals surface area contributed by atoms with Crippen molar-refractivity contribution < 1.29 is 13.9 Å². The molecule has 1 aromatic carbocycles. The second-order valence-electron chi connectivity index (χ2n) is 3.87. The van der Waals surface area contributed by atoms with Crippen LogP contribution in [0.3, 0.4) is 0 Å². The van der Waals surface area contributed by atoms with Crippen LogP contribution in [0.15, 0.2) is 24.3 Å². The second kappa shape index (κ2) is 4.61. The molecule has 1 heterocycles. The molecule has 1 aliphatic heterocycles. The highest BCUT2D eigenvalue weighted by Gasteiger charge is 2.35. The van der Waals surface area contributed by atoms with Gasteiger partial charge in [0.05, 0.1) is 13.0 Å². The Hall–Kier alpha value is -1.42. The molecule has 2 atom stereocenters. The number of hydrogen-bond donors (Lipinski definition) is 1. The first kappa shape index (κ1) is 11.1. The quantitative estimate of drug-likeness (QED) is 0.775. The van der Waals surface area contributed by atoms with Gasteiger partial charge in [-0.2, -0.15) is 0 Å². The highest BCUT2D eigenvalue weighted by Crippen LogP contribution is 2.31. The first-order valence-corrected chi connectivity index (χ1v) is 5.29. The van der Waals surface area contributed by atoms with Crippen LogP contribution in [0, 0.1) is 11.7 Å². The fourth-order valence-electron chi connectivity index (χ4n) is 2.16. The maximum absolute atomic E-state index is 13.6. The Morgan fingerprint density at radius 3 is 2.94 bits per heavy atom. The van der Waals surface area contributed by atoms with Gasteiger partial charge in [0.15, 0.2) is 0 Å². The van der Waals surface area contributed by atoms with E-state index in [2.05, 4.69) is 5.32 Å². The minimum atomic E-state index is -0.290. The Morgan fingerprint density at radius 2 is 2.25 bits per heavy atom. The van der Waals surface area contributed by atoms with Crippen LogP contribution >= 0.6 is 0 Å². The molecule has 2 unspecified atom stereocenters. The van der Waals surface area contributed by atoms with E-state index in [1.165, 1.54) is 13.2 Å². The van der Waals surface area contributed by atoms with Gasteiger partial charge in [0.2, 0.25) is 0 Å². The van der Waals surface area contributed by atoms with E-state index in [0.717, 1.165) is 0 Å². The van der Waals surface area contributed by atoms with Crippen molar-refractivity contribution in [2.45, 2.75) is 12.5 Å². The Balaban J connectivity index is 2.27. The summed E-state index contributed by atoms with van der Waals surface area (Å²) in [5, 5.41) is 3.14. The normalized spacial score (nSPS) is 24.4. The lowest BCUT2D eigenvalue weighted by atomic mass is 9.94. The summed E-state index contributed by atoms with van der Waals surface area (Å²) in [6.07, 6.45) is 0.686. The molecule has 0 saturated carbocycles. The van der Waals surface area contributed by atoms with Gasteiger partial charge in [-0.15, -0.1) is 0 Å². The van der Waals surface area contributed by atoms with Crippen LogP contribution in [0.2, 0.25) is 0 Å². The highest BCUT2D eigenvalue weighted by atomic mass is 19.1. The Labute approximate surface area is 93.6 Å². The summed E-state index contributed by atoms with van der Waals surface area (Å²) in [6, 6.07) is 6.25. The molecule has 3 nitrogen and oxygen atoms in total. The van der Waals surface area contributed by atoms with Gasteiger partial charge in [-0.05, 0) is 19.0 Å². The van der Waals surface area contributed by atoms with Crippen molar-refractivity contribution in [3.8, 4) is 0 Å². The number of halogens is 1. The van der Waals surface area contributed by atoms with Crippen LogP contribution in [-0.2, 0) is 9.53 Å². The molecule has 86 valence electrons. The van der Waals surface area contributed by atoms with E-state index in [-0.39, 0.29) is 23.7 Å². The lowest BCUT2D eigenvalue weighted by Gasteiger charge is -2.18. The summed E-state index contributed by atoms with van der Waals surface area (Å²) in [5.41, 5.74) is 0.537. The molecule has 0 radical (unpaired) electrons. The topological polar surface area (TPSA) is 38.3 Å². The third-order valence-electron chi connectivity index (χ3n) is 2.97. The molecule has 0 aromatic heterocycles. The summed E-state index contributed by atoms with van der Waals surface area (Å²) in [5.74, 6) is -0.851. The Bertz CT molecular complexity index is 394. The largest absolute Gasteiger partial charge is 0.469 e. The lowest BCUT2D eigenvalue weighted by molar-refractivity contribution is -0.145. The van der Waals surface area contributed by atoms with Gasteiger partial charge in [-0.3, -0.25) is 4.79 Å². The first-order valence-electron chi connectivity index (χ1n) is 5.29. The summed E-state index contributed by atoms with van der Waals surface area (Å²) >= 11 is 0. The maximum atomic E-state index is 13.6. The van der Waals surface area contributed by atoms with E-state index in [1.54, 1.807) is 18.2 Å². The average Bonchev–Trinajstić information content (AvgIpc) is 2.77. The zero-order valence-corrected chi connectivity index (χ0v) is 9.07. The maximum Gasteiger partial charge on any atom is 0.310 e. The molecule has 1 aromatic rings. The Morgan fingerprint density at radius 1 is 1.50 bits per heavy atom. The zero-order valence-electron chi connectivity index (χ0n) is 9.07. The molecule has 1 N–H and O–H groups in total. The molecular formula is C12H14FNO2. The first-order chi connectivity index (χ1) is 7.74. The number of hydrogen-bond acceptors (Lipinski definition) is 3. The average molecular weight is 223 g/mol. The number of ether oxygens (including phenoxy) is 1. The van der Waals surface area contributed by atoms with Crippen LogP contribution in [-0.4, -0.2) is 19.6 Å². The van der Waals surface area contributed by atoms with Gasteiger partial charge < -0.3 is 10.1 Å². The molecule has 1 saturated heterocycles. The summed E-state index contributed by atoms with van der Waals surface area (Å²) in [4.78, 5) is 11.5. The Kier molecular flexibility index (Phi) is 3.19. The van der Waals surface area contributed by atoms with Crippen LogP contribution in [0.4, 0.5) is 4.39 Å². The van der Waals surface area contributed by atoms with Crippen LogP contribution in [0.5, 0.6) is 0 Å². The van der Waals surface area contributed by atoms with Crippen LogP contribution < -0.4 is 5.32 Å². The van der Waals surface area contributed by atoms with E-state index >= 15 is 0 Å². The minimum absolute atomic E-state index is 0.270. The van der Waals surface area contributed by atoms with Gasteiger partial charge >= 0.3 is 5.97 Å². The van der Waals surface area contributed by atoms with Crippen molar-refractivity contribution in [3.63, 3.8) is 0 Å². The lowest BCUT2D eigenvalue weighted by Crippen LogP contribution is -2.25. The number of carbonyl (C=O) groups is 1. The van der Waals surface area contributed by atoms with E-state index in [4.69, 9.17) is 4.74 Å². The molecule has 2 rings (SSSR count). The second-order valence-corrected chi connectivity index (χ2v) is 3.87. The van der Waals surface area contributed by atoms with Gasteiger partial charge in [0, 0.05) is 11.6 Å². The number of rotatable bonds is 2. The van der Waals surface area contributed by atoms with Crippen molar-refractivity contribution in [2.24, 2.45) is 5.92 Å². The third-order valence-corrected chi connectivity index (χ3v) is 2.97. The standard InChI is InChI=1S/C12H14FNO2/c1-16-12(15)9-6-7-14-11(9)8-4-2-3-5-10(8)13/h2-5,9,11,14H,6-7H2,1H3. The van der Waals surface area contributed by atoms with E-state index in [1.807, 2.05) is 0 Å². The SMILES string of the molecule is COC(=O)C1CCNC1c1ccccc1F. The summed E-state index contributed by atoms with van der Waals surface area (Å²) in [6.45, 7) is 0.707. The molecule has 4 heteroatoms. The fraction of sp³-hybridized carbons (Fsp3) is 0.417. The molecule has 0 aliphatic carbocycles. The van der Waals surface area contributed by atoms with Gasteiger partial charge in [0.1, 0.15) is 5.82 Å². The molecule has 0 spiro atoms. The smallest absolute Gasteiger partial charge is 0.310 e. The number of benzene rings is 1. The predicted octanol–water partition coefficient (Wildman–Crippen LogP) is 1.65. The fourth-order valence-corrected chi connectivity index (χ4v) is 2.16. The number of esters is 1. The van der Waals surface area contributed by atoms with E-state index in [0.29, 0.717) is 18.5 Å². The third kappa shape index (κ3) is 1.93. The molecule has 1 fully saturated rings. The van der Waals surface area contributed by atoms with E-state index < -0.39 is 0 Å². The van der Waals surface area contributed by atoms with Crippen LogP contribution in [0.1, 0.15) is 18.0 Å². The highest BCUT2D eigenvalue weighted by molar-refractivity contribution is 5.74. The summed E-state index contributed by atoms with van der Waals surface area (Å²) in [7, 11) is 1.36. The van der Waals surface area contributed by atoms with Crippen molar-refractivity contribution in [2.75, 3.05) is 13.7 Å². The molecule has 1 aliphatic rings. The predicted molar refractivity (Wildman–Crippen MR) is 57.3 cm³/mol. The monoisotopic (exact) mass is 223 g/mol. The molecular weight excluding hydrogens is 209 g/mol. The molecule has 0 bridgehead atoms. The van der Waals surface area contributed by atoms with Gasteiger partial charge in [0.25, 0.3) is 0 Å². The van der Waals surface area contributed by atoms with Crippen molar-refractivity contribution in [3.05, 3.63) is 35.6 Å². The van der Waals surface area contributed by atoms with Crippen molar-refractivity contribution in [1.82, 2.24) is 5.32 Å². The number of nitrogens with one attached hydrogen (secondary N) is 1. The van der Waals surface area contributed by atoms with Crippen molar-refractivity contribution >= 4 is 5.97 Å². The van der Waals surface area contributed by atoms with E-state index in [9.17, 15) is 9.18 Å². The zero-order chi connectivity index (χ0) is 11.5. The van der Waals surface area contributed by atoms with Crippen LogP contribution in [0.25, 0.3) is 0 Å². The number of carbonyl (C=O) groups excluding carboxylic acids is 1.